The molecule has 1 saturated heterocycles. The van der Waals surface area contributed by atoms with Gasteiger partial charge in [0.15, 0.2) is 0 Å². The maximum atomic E-state index is 10.2. The topological polar surface area (TPSA) is 66.1 Å². The molecule has 0 amide bonds. The summed E-state index contributed by atoms with van der Waals surface area (Å²) in [5, 5.41) is 19.4. The molecule has 0 spiro atoms. The Morgan fingerprint density at radius 1 is 1.62 bits per heavy atom. The summed E-state index contributed by atoms with van der Waals surface area (Å²) in [6, 6.07) is 5.83. The number of aliphatic hydroxyl groups is 1. The van der Waals surface area contributed by atoms with E-state index in [1.165, 1.54) is 0 Å². The summed E-state index contributed by atoms with van der Waals surface area (Å²) >= 11 is 0. The van der Waals surface area contributed by atoms with Crippen molar-refractivity contribution < 1.29 is 9.84 Å². The van der Waals surface area contributed by atoms with E-state index in [1.54, 1.807) is 6.20 Å². The maximum Gasteiger partial charge on any atom is 0.113 e. The molecule has 1 fully saturated rings. The Labute approximate surface area is 94.5 Å². The fourth-order valence-electron chi connectivity index (χ4n) is 1.91. The Kier molecular flexibility index (Phi) is 2.90. The van der Waals surface area contributed by atoms with Crippen LogP contribution in [-0.2, 0) is 4.74 Å². The van der Waals surface area contributed by atoms with E-state index in [9.17, 15) is 10.4 Å². The van der Waals surface area contributed by atoms with Crippen molar-refractivity contribution >= 4 is 0 Å². The van der Waals surface area contributed by atoms with Crippen molar-refractivity contribution in [3.05, 3.63) is 29.6 Å². The molecule has 0 saturated carbocycles. The van der Waals surface area contributed by atoms with Gasteiger partial charge in [-0.05, 0) is 19.4 Å². The number of rotatable bonds is 2. The number of aliphatic hydroxyl groups excluding tert-OH is 1. The second-order valence-electron chi connectivity index (χ2n) is 4.21. The SMILES string of the molecule is Cc1ccc(C(O)C2(C#N)CCOC2)cn1. The summed E-state index contributed by atoms with van der Waals surface area (Å²) in [6.45, 7) is 2.71. The highest BCUT2D eigenvalue weighted by atomic mass is 16.5. The molecule has 0 radical (unpaired) electrons. The van der Waals surface area contributed by atoms with Crippen molar-refractivity contribution in [1.82, 2.24) is 4.98 Å². The van der Waals surface area contributed by atoms with Crippen LogP contribution in [0.1, 0.15) is 23.8 Å². The monoisotopic (exact) mass is 218 g/mol. The van der Waals surface area contributed by atoms with Crippen LogP contribution in [-0.4, -0.2) is 23.3 Å². The Hall–Kier alpha value is -1.44. The van der Waals surface area contributed by atoms with Crippen molar-refractivity contribution in [3.63, 3.8) is 0 Å². The van der Waals surface area contributed by atoms with E-state index in [0.29, 0.717) is 25.2 Å². The van der Waals surface area contributed by atoms with E-state index in [-0.39, 0.29) is 0 Å². The lowest BCUT2D eigenvalue weighted by Gasteiger charge is -2.25. The van der Waals surface area contributed by atoms with Gasteiger partial charge in [0.05, 0.1) is 12.7 Å². The number of pyridine rings is 1. The Bertz CT molecular complexity index is 402. The average molecular weight is 218 g/mol. The van der Waals surface area contributed by atoms with Gasteiger partial charge in [0, 0.05) is 24.1 Å². The van der Waals surface area contributed by atoms with Gasteiger partial charge in [-0.3, -0.25) is 4.98 Å². The van der Waals surface area contributed by atoms with Gasteiger partial charge < -0.3 is 9.84 Å². The molecule has 2 rings (SSSR count). The minimum Gasteiger partial charge on any atom is -0.387 e. The first-order valence-electron chi connectivity index (χ1n) is 5.27. The van der Waals surface area contributed by atoms with E-state index < -0.39 is 11.5 Å². The molecule has 0 aromatic carbocycles. The lowest BCUT2D eigenvalue weighted by Crippen LogP contribution is -2.27. The summed E-state index contributed by atoms with van der Waals surface area (Å²) in [7, 11) is 0. The fraction of sp³-hybridized carbons (Fsp3) is 0.500. The first kappa shape index (κ1) is 11.1. The van der Waals surface area contributed by atoms with E-state index in [2.05, 4.69) is 11.1 Å². The predicted molar refractivity (Wildman–Crippen MR) is 57.4 cm³/mol. The van der Waals surface area contributed by atoms with Crippen LogP contribution < -0.4 is 0 Å². The summed E-state index contributed by atoms with van der Waals surface area (Å²) < 4.78 is 5.21. The third-order valence-electron chi connectivity index (χ3n) is 3.05. The predicted octanol–water partition coefficient (Wildman–Crippen LogP) is 1.35. The zero-order valence-corrected chi connectivity index (χ0v) is 9.18. The molecule has 2 atom stereocenters. The molecule has 4 heteroatoms. The third kappa shape index (κ3) is 1.80. The van der Waals surface area contributed by atoms with Crippen LogP contribution in [0.15, 0.2) is 18.3 Å². The van der Waals surface area contributed by atoms with Crippen LogP contribution in [0.2, 0.25) is 0 Å². The zero-order chi connectivity index (χ0) is 11.6. The zero-order valence-electron chi connectivity index (χ0n) is 9.18. The minimum absolute atomic E-state index is 0.290. The summed E-state index contributed by atoms with van der Waals surface area (Å²) in [5.74, 6) is 0. The van der Waals surface area contributed by atoms with Gasteiger partial charge in [-0.2, -0.15) is 5.26 Å². The molecule has 1 N–H and O–H groups in total. The normalized spacial score (nSPS) is 26.3. The van der Waals surface area contributed by atoms with Crippen molar-refractivity contribution in [2.75, 3.05) is 13.2 Å². The van der Waals surface area contributed by atoms with Crippen LogP contribution in [0, 0.1) is 23.7 Å². The highest BCUT2D eigenvalue weighted by Crippen LogP contribution is 2.40. The van der Waals surface area contributed by atoms with Crippen LogP contribution in [0.5, 0.6) is 0 Å². The van der Waals surface area contributed by atoms with E-state index in [1.807, 2.05) is 19.1 Å². The minimum atomic E-state index is -0.826. The molecule has 16 heavy (non-hydrogen) atoms. The van der Waals surface area contributed by atoms with Gasteiger partial charge in [0.1, 0.15) is 11.5 Å². The van der Waals surface area contributed by atoms with Gasteiger partial charge in [-0.25, -0.2) is 0 Å². The lowest BCUT2D eigenvalue weighted by atomic mass is 9.80. The summed E-state index contributed by atoms with van der Waals surface area (Å²) in [5.41, 5.74) is 0.763. The fourth-order valence-corrected chi connectivity index (χ4v) is 1.91. The quantitative estimate of drug-likeness (QED) is 0.813. The van der Waals surface area contributed by atoms with Gasteiger partial charge in [0.2, 0.25) is 0 Å². The molecule has 2 unspecified atom stereocenters. The lowest BCUT2D eigenvalue weighted by molar-refractivity contribution is 0.0501. The molecule has 0 bridgehead atoms. The van der Waals surface area contributed by atoms with E-state index in [4.69, 9.17) is 4.74 Å². The highest BCUT2D eigenvalue weighted by molar-refractivity contribution is 5.22. The number of nitriles is 1. The first-order valence-corrected chi connectivity index (χ1v) is 5.27. The van der Waals surface area contributed by atoms with Gasteiger partial charge in [-0.15, -0.1) is 0 Å². The molecular formula is C12H14N2O2. The number of hydrogen-bond acceptors (Lipinski definition) is 4. The molecule has 4 nitrogen and oxygen atoms in total. The molecule has 2 heterocycles. The van der Waals surface area contributed by atoms with Crippen molar-refractivity contribution in [2.24, 2.45) is 5.41 Å². The number of aromatic nitrogens is 1. The smallest absolute Gasteiger partial charge is 0.113 e. The number of hydrogen-bond donors (Lipinski definition) is 1. The largest absolute Gasteiger partial charge is 0.387 e. The molecule has 1 aromatic rings. The van der Waals surface area contributed by atoms with E-state index >= 15 is 0 Å². The van der Waals surface area contributed by atoms with Crippen molar-refractivity contribution in [1.29, 1.82) is 5.26 Å². The van der Waals surface area contributed by atoms with Crippen molar-refractivity contribution in [3.8, 4) is 6.07 Å². The third-order valence-corrected chi connectivity index (χ3v) is 3.05. The Balaban J connectivity index is 2.27. The second-order valence-corrected chi connectivity index (χ2v) is 4.21. The number of aryl methyl sites for hydroxylation is 1. The molecular weight excluding hydrogens is 204 g/mol. The van der Waals surface area contributed by atoms with Gasteiger partial charge in [-0.1, -0.05) is 6.07 Å². The van der Waals surface area contributed by atoms with Crippen molar-refractivity contribution in [2.45, 2.75) is 19.4 Å². The highest BCUT2D eigenvalue weighted by Gasteiger charge is 2.43. The van der Waals surface area contributed by atoms with E-state index in [0.717, 1.165) is 5.69 Å². The number of nitrogens with zero attached hydrogens (tertiary/aromatic N) is 2. The molecule has 1 aromatic heterocycles. The maximum absolute atomic E-state index is 10.2. The summed E-state index contributed by atoms with van der Waals surface area (Å²) in [4.78, 5) is 4.13. The second kappa shape index (κ2) is 4.20. The Morgan fingerprint density at radius 3 is 2.94 bits per heavy atom. The van der Waals surface area contributed by atoms with Gasteiger partial charge >= 0.3 is 0 Å². The molecule has 1 aliphatic rings. The van der Waals surface area contributed by atoms with Crippen LogP contribution >= 0.6 is 0 Å². The van der Waals surface area contributed by atoms with Crippen LogP contribution in [0.4, 0.5) is 0 Å². The Morgan fingerprint density at radius 2 is 2.44 bits per heavy atom. The summed E-state index contributed by atoms with van der Waals surface area (Å²) in [6.07, 6.45) is 1.36. The first-order chi connectivity index (χ1) is 7.68. The molecule has 1 aliphatic heterocycles. The van der Waals surface area contributed by atoms with Crippen LogP contribution in [0.25, 0.3) is 0 Å². The van der Waals surface area contributed by atoms with Gasteiger partial charge in [0.25, 0.3) is 0 Å². The molecule has 0 aliphatic carbocycles. The molecule has 84 valence electrons. The van der Waals surface area contributed by atoms with Crippen LogP contribution in [0.3, 0.4) is 0 Å². The standard InChI is InChI=1S/C12H14N2O2/c1-9-2-3-10(6-14-9)11(15)12(7-13)4-5-16-8-12/h2-3,6,11,15H,4-5,8H2,1H3. The number of ether oxygens (including phenoxy) is 1. The average Bonchev–Trinajstić information content (AvgIpc) is 2.79.